The lowest BCUT2D eigenvalue weighted by atomic mass is 10.1. The first-order chi connectivity index (χ1) is 15.3. The van der Waals surface area contributed by atoms with Crippen molar-refractivity contribution in [1.29, 1.82) is 0 Å². The van der Waals surface area contributed by atoms with E-state index in [4.69, 9.17) is 4.74 Å². The van der Waals surface area contributed by atoms with Crippen LogP contribution in [0.15, 0.2) is 97.3 Å². The second kappa shape index (κ2) is 10.3. The smallest absolute Gasteiger partial charge is 0.223 e. The Balaban J connectivity index is 1.24. The molecule has 31 heavy (non-hydrogen) atoms. The predicted molar refractivity (Wildman–Crippen MR) is 122 cm³/mol. The molecule has 0 unspecified atom stereocenters. The quantitative estimate of drug-likeness (QED) is 0.435. The molecule has 1 heterocycles. The van der Waals surface area contributed by atoms with Gasteiger partial charge in [-0.25, -0.2) is 0 Å². The highest BCUT2D eigenvalue weighted by Crippen LogP contribution is 2.29. The van der Waals surface area contributed by atoms with Crippen molar-refractivity contribution < 1.29 is 9.53 Å². The lowest BCUT2D eigenvalue weighted by Crippen LogP contribution is -2.24. The van der Waals surface area contributed by atoms with Crippen LogP contribution in [-0.2, 0) is 17.9 Å². The molecule has 5 nitrogen and oxygen atoms in total. The van der Waals surface area contributed by atoms with E-state index in [1.54, 1.807) is 6.20 Å². The van der Waals surface area contributed by atoms with E-state index in [0.29, 0.717) is 26.1 Å². The zero-order valence-electron chi connectivity index (χ0n) is 17.3. The molecule has 3 aromatic carbocycles. The molecule has 0 saturated carbocycles. The molecule has 0 saturated heterocycles. The van der Waals surface area contributed by atoms with E-state index >= 15 is 0 Å². The number of nitrogens with one attached hydrogen (secondary N) is 1. The SMILES string of the molecule is O=C(CCOc1ccccc1-c1ccccc1)NCc1cnn(Cc2ccccc2)c1. The molecule has 1 N–H and O–H groups in total. The minimum Gasteiger partial charge on any atom is -0.492 e. The summed E-state index contributed by atoms with van der Waals surface area (Å²) in [6.45, 7) is 1.49. The normalized spacial score (nSPS) is 10.6. The van der Waals surface area contributed by atoms with Gasteiger partial charge in [-0.05, 0) is 17.2 Å². The minimum absolute atomic E-state index is 0.0481. The Hall–Kier alpha value is -3.86. The first kappa shape index (κ1) is 20.4. The number of amides is 1. The van der Waals surface area contributed by atoms with Crippen LogP contribution in [0.25, 0.3) is 11.1 Å². The van der Waals surface area contributed by atoms with Crippen molar-refractivity contribution in [3.8, 4) is 16.9 Å². The Kier molecular flexibility index (Phi) is 6.75. The summed E-state index contributed by atoms with van der Waals surface area (Å²) in [5, 5.41) is 7.31. The molecule has 0 aliphatic carbocycles. The first-order valence-electron chi connectivity index (χ1n) is 10.4. The van der Waals surface area contributed by atoms with Gasteiger partial charge in [-0.1, -0.05) is 78.9 Å². The number of aromatic nitrogens is 2. The Bertz CT molecular complexity index is 1110. The lowest BCUT2D eigenvalue weighted by Gasteiger charge is -2.11. The van der Waals surface area contributed by atoms with Gasteiger partial charge in [-0.15, -0.1) is 0 Å². The van der Waals surface area contributed by atoms with Crippen LogP contribution < -0.4 is 10.1 Å². The van der Waals surface area contributed by atoms with Gasteiger partial charge in [-0.3, -0.25) is 9.48 Å². The summed E-state index contributed by atoms with van der Waals surface area (Å²) in [4.78, 5) is 12.2. The molecule has 5 heteroatoms. The zero-order valence-corrected chi connectivity index (χ0v) is 17.3. The molecule has 0 radical (unpaired) electrons. The lowest BCUT2D eigenvalue weighted by molar-refractivity contribution is -0.121. The summed E-state index contributed by atoms with van der Waals surface area (Å²) < 4.78 is 7.78. The molecule has 0 atom stereocenters. The molecule has 4 aromatic rings. The van der Waals surface area contributed by atoms with Crippen molar-refractivity contribution >= 4 is 5.91 Å². The number of carbonyl (C=O) groups is 1. The van der Waals surface area contributed by atoms with Crippen LogP contribution in [0.3, 0.4) is 0 Å². The molecule has 1 amide bonds. The monoisotopic (exact) mass is 411 g/mol. The summed E-state index contributed by atoms with van der Waals surface area (Å²) in [6, 6.07) is 28.1. The van der Waals surface area contributed by atoms with Crippen molar-refractivity contribution in [3.05, 3.63) is 108 Å². The fraction of sp³-hybridized carbons (Fsp3) is 0.154. The number of nitrogens with zero attached hydrogens (tertiary/aromatic N) is 2. The van der Waals surface area contributed by atoms with E-state index in [1.807, 2.05) is 83.7 Å². The second-order valence-electron chi connectivity index (χ2n) is 7.27. The van der Waals surface area contributed by atoms with E-state index in [9.17, 15) is 4.79 Å². The first-order valence-corrected chi connectivity index (χ1v) is 10.4. The number of para-hydroxylation sites is 1. The largest absolute Gasteiger partial charge is 0.492 e. The van der Waals surface area contributed by atoms with Crippen LogP contribution in [0.2, 0.25) is 0 Å². The predicted octanol–water partition coefficient (Wildman–Crippen LogP) is 4.68. The Labute approximate surface area is 182 Å². The van der Waals surface area contributed by atoms with Crippen LogP contribution in [0.1, 0.15) is 17.5 Å². The average Bonchev–Trinajstić information content (AvgIpc) is 3.26. The van der Waals surface area contributed by atoms with Crippen molar-refractivity contribution in [2.45, 2.75) is 19.5 Å². The summed E-state index contributed by atoms with van der Waals surface area (Å²) >= 11 is 0. The van der Waals surface area contributed by atoms with Crippen LogP contribution in [0.5, 0.6) is 5.75 Å². The summed E-state index contributed by atoms with van der Waals surface area (Å²) in [5.74, 6) is 0.733. The third-order valence-electron chi connectivity index (χ3n) is 4.92. The van der Waals surface area contributed by atoms with Crippen molar-refractivity contribution in [2.24, 2.45) is 0 Å². The van der Waals surface area contributed by atoms with E-state index in [1.165, 1.54) is 5.56 Å². The molecule has 4 rings (SSSR count). The number of benzene rings is 3. The Morgan fingerprint density at radius 1 is 0.871 bits per heavy atom. The number of rotatable bonds is 9. The summed E-state index contributed by atoms with van der Waals surface area (Å²) in [7, 11) is 0. The van der Waals surface area contributed by atoms with Crippen molar-refractivity contribution in [2.75, 3.05) is 6.61 Å². The van der Waals surface area contributed by atoms with Crippen LogP contribution in [-0.4, -0.2) is 22.3 Å². The molecule has 0 spiro atoms. The maximum atomic E-state index is 12.2. The zero-order chi connectivity index (χ0) is 21.3. The van der Waals surface area contributed by atoms with Crippen LogP contribution in [0, 0.1) is 0 Å². The van der Waals surface area contributed by atoms with Gasteiger partial charge in [0.1, 0.15) is 5.75 Å². The topological polar surface area (TPSA) is 56.1 Å². The molecular weight excluding hydrogens is 386 g/mol. The van der Waals surface area contributed by atoms with E-state index in [-0.39, 0.29) is 5.91 Å². The fourth-order valence-electron chi connectivity index (χ4n) is 3.35. The van der Waals surface area contributed by atoms with E-state index < -0.39 is 0 Å². The van der Waals surface area contributed by atoms with Gasteiger partial charge in [0.25, 0.3) is 0 Å². The third kappa shape index (κ3) is 5.82. The molecule has 0 fully saturated rings. The summed E-state index contributed by atoms with van der Waals surface area (Å²) in [6.07, 6.45) is 4.04. The Morgan fingerprint density at radius 2 is 1.58 bits per heavy atom. The number of ether oxygens (including phenoxy) is 1. The van der Waals surface area contributed by atoms with Crippen molar-refractivity contribution in [1.82, 2.24) is 15.1 Å². The average molecular weight is 412 g/mol. The Morgan fingerprint density at radius 3 is 2.39 bits per heavy atom. The number of carbonyl (C=O) groups excluding carboxylic acids is 1. The highest BCUT2D eigenvalue weighted by molar-refractivity contribution is 5.76. The number of hydrogen-bond acceptors (Lipinski definition) is 3. The highest BCUT2D eigenvalue weighted by atomic mass is 16.5. The molecule has 1 aromatic heterocycles. The van der Waals surface area contributed by atoms with Gasteiger partial charge in [0.15, 0.2) is 0 Å². The van der Waals surface area contributed by atoms with Gasteiger partial charge >= 0.3 is 0 Å². The molecule has 0 aliphatic rings. The van der Waals surface area contributed by atoms with E-state index in [0.717, 1.165) is 22.4 Å². The van der Waals surface area contributed by atoms with Crippen LogP contribution in [0.4, 0.5) is 0 Å². The molecule has 0 bridgehead atoms. The summed E-state index contributed by atoms with van der Waals surface area (Å²) in [5.41, 5.74) is 4.28. The van der Waals surface area contributed by atoms with Gasteiger partial charge in [0.2, 0.25) is 5.91 Å². The highest BCUT2D eigenvalue weighted by Gasteiger charge is 2.08. The van der Waals surface area contributed by atoms with Gasteiger partial charge in [0.05, 0.1) is 25.8 Å². The minimum atomic E-state index is -0.0481. The van der Waals surface area contributed by atoms with E-state index in [2.05, 4.69) is 22.5 Å². The number of hydrogen-bond donors (Lipinski definition) is 1. The van der Waals surface area contributed by atoms with Crippen molar-refractivity contribution in [3.63, 3.8) is 0 Å². The third-order valence-corrected chi connectivity index (χ3v) is 4.92. The maximum Gasteiger partial charge on any atom is 0.223 e. The molecular formula is C26H25N3O2. The molecule has 0 aliphatic heterocycles. The van der Waals surface area contributed by atoms with Gasteiger partial charge in [0, 0.05) is 23.9 Å². The van der Waals surface area contributed by atoms with Crippen LogP contribution >= 0.6 is 0 Å². The standard InChI is InChI=1S/C26H25N3O2/c30-26(27-17-22-18-28-29(20-22)19-21-9-3-1-4-10-21)15-16-31-25-14-8-7-13-24(25)23-11-5-2-6-12-23/h1-14,18,20H,15-17,19H2,(H,27,30). The molecule has 156 valence electrons. The second-order valence-corrected chi connectivity index (χ2v) is 7.27. The fourth-order valence-corrected chi connectivity index (χ4v) is 3.35. The van der Waals surface area contributed by atoms with Gasteiger partial charge < -0.3 is 10.1 Å². The van der Waals surface area contributed by atoms with Gasteiger partial charge in [-0.2, -0.15) is 5.10 Å². The maximum absolute atomic E-state index is 12.2.